The Morgan fingerprint density at radius 1 is 1.11 bits per heavy atom. The van der Waals surface area contributed by atoms with E-state index in [1.54, 1.807) is 7.11 Å². The van der Waals surface area contributed by atoms with Gasteiger partial charge in [0.25, 0.3) is 0 Å². The highest BCUT2D eigenvalue weighted by Gasteiger charge is 2.21. The molecular formula is C15H30N2O2. The van der Waals surface area contributed by atoms with Crippen molar-refractivity contribution in [1.82, 2.24) is 5.32 Å². The van der Waals surface area contributed by atoms with Crippen LogP contribution >= 0.6 is 0 Å². The maximum atomic E-state index is 9.12. The molecule has 1 unspecified atom stereocenters. The summed E-state index contributed by atoms with van der Waals surface area (Å²) >= 11 is 0. The Balaban J connectivity index is 3.58. The molecule has 0 saturated heterocycles. The second-order valence-corrected chi connectivity index (χ2v) is 5.76. The molecule has 1 N–H and O–H groups in total. The summed E-state index contributed by atoms with van der Waals surface area (Å²) in [6.07, 6.45) is 3.77. The first kappa shape index (κ1) is 18.4. The van der Waals surface area contributed by atoms with Crippen LogP contribution in [0.15, 0.2) is 0 Å². The molecule has 0 amide bonds. The molecule has 0 rings (SSSR count). The molecule has 0 aliphatic heterocycles. The van der Waals surface area contributed by atoms with Crippen molar-refractivity contribution in [2.75, 3.05) is 26.9 Å². The van der Waals surface area contributed by atoms with Crippen molar-refractivity contribution >= 4 is 0 Å². The number of hydrogen-bond donors (Lipinski definition) is 1. The van der Waals surface area contributed by atoms with Crippen LogP contribution in [0, 0.1) is 11.3 Å². The minimum absolute atomic E-state index is 0.107. The van der Waals surface area contributed by atoms with Gasteiger partial charge in [0, 0.05) is 20.3 Å². The Labute approximate surface area is 118 Å². The quantitative estimate of drug-likeness (QED) is 0.587. The topological polar surface area (TPSA) is 54.3 Å². The summed E-state index contributed by atoms with van der Waals surface area (Å²) in [5.41, 5.74) is -0.503. The molecule has 0 saturated carbocycles. The van der Waals surface area contributed by atoms with Crippen molar-refractivity contribution in [2.45, 2.75) is 64.5 Å². The summed E-state index contributed by atoms with van der Waals surface area (Å²) in [7, 11) is 1.73. The molecule has 19 heavy (non-hydrogen) atoms. The van der Waals surface area contributed by atoms with E-state index in [4.69, 9.17) is 14.7 Å². The van der Waals surface area contributed by atoms with Crippen molar-refractivity contribution < 1.29 is 9.47 Å². The summed E-state index contributed by atoms with van der Waals surface area (Å²) in [6.45, 7) is 10.4. The van der Waals surface area contributed by atoms with Crippen LogP contribution in [-0.4, -0.2) is 38.0 Å². The predicted molar refractivity (Wildman–Crippen MR) is 78.1 cm³/mol. The van der Waals surface area contributed by atoms with Crippen molar-refractivity contribution in [3.8, 4) is 6.07 Å². The number of nitrogens with one attached hydrogen (secondary N) is 1. The standard InChI is InChI=1S/C15H30N2O2/c1-6-17-15(4,13-16)9-7-8-11-19-12-10-14(2,3)18-5/h17H,6-12H2,1-5H3. The van der Waals surface area contributed by atoms with Gasteiger partial charge in [-0.15, -0.1) is 0 Å². The first-order chi connectivity index (χ1) is 8.89. The van der Waals surface area contributed by atoms with Crippen LogP contribution in [0.3, 0.4) is 0 Å². The normalized spacial score (nSPS) is 14.9. The van der Waals surface area contributed by atoms with Crippen LogP contribution in [0.1, 0.15) is 53.4 Å². The predicted octanol–water partition coefficient (Wildman–Crippen LogP) is 2.88. The molecule has 0 aromatic rings. The number of methoxy groups -OCH3 is 1. The van der Waals surface area contributed by atoms with Gasteiger partial charge in [-0.2, -0.15) is 5.26 Å². The van der Waals surface area contributed by atoms with Gasteiger partial charge in [-0.25, -0.2) is 0 Å². The average molecular weight is 270 g/mol. The van der Waals surface area contributed by atoms with E-state index in [2.05, 4.69) is 25.2 Å². The van der Waals surface area contributed by atoms with Crippen LogP contribution in [-0.2, 0) is 9.47 Å². The van der Waals surface area contributed by atoms with Crippen molar-refractivity contribution in [1.29, 1.82) is 5.26 Å². The highest BCUT2D eigenvalue weighted by Crippen LogP contribution is 2.14. The first-order valence-corrected chi connectivity index (χ1v) is 7.18. The maximum absolute atomic E-state index is 9.12. The molecule has 0 bridgehead atoms. The summed E-state index contributed by atoms with van der Waals surface area (Å²) in [6, 6.07) is 2.34. The summed E-state index contributed by atoms with van der Waals surface area (Å²) in [5.74, 6) is 0. The van der Waals surface area contributed by atoms with Crippen LogP contribution in [0.5, 0.6) is 0 Å². The number of unbranched alkanes of at least 4 members (excludes halogenated alkanes) is 1. The third-order valence-corrected chi connectivity index (χ3v) is 3.43. The summed E-state index contributed by atoms with van der Waals surface area (Å²) < 4.78 is 10.9. The van der Waals surface area contributed by atoms with Crippen LogP contribution < -0.4 is 5.32 Å². The zero-order chi connectivity index (χ0) is 14.8. The van der Waals surface area contributed by atoms with E-state index in [9.17, 15) is 0 Å². The van der Waals surface area contributed by atoms with Gasteiger partial charge in [-0.1, -0.05) is 6.92 Å². The van der Waals surface area contributed by atoms with E-state index in [0.29, 0.717) is 0 Å². The number of rotatable bonds is 11. The summed E-state index contributed by atoms with van der Waals surface area (Å²) in [5, 5.41) is 12.3. The van der Waals surface area contributed by atoms with Crippen molar-refractivity contribution in [3.63, 3.8) is 0 Å². The lowest BCUT2D eigenvalue weighted by Crippen LogP contribution is -2.40. The number of hydrogen-bond acceptors (Lipinski definition) is 4. The molecule has 0 aliphatic rings. The van der Waals surface area contributed by atoms with Crippen LogP contribution in [0.25, 0.3) is 0 Å². The number of nitrogens with zero attached hydrogens (tertiary/aromatic N) is 1. The molecule has 0 fully saturated rings. The molecule has 1 atom stereocenters. The molecule has 0 spiro atoms. The first-order valence-electron chi connectivity index (χ1n) is 7.18. The Kier molecular flexibility index (Phi) is 8.99. The van der Waals surface area contributed by atoms with Gasteiger partial charge in [0.1, 0.15) is 5.54 Å². The lowest BCUT2D eigenvalue weighted by Gasteiger charge is -2.23. The molecule has 4 heteroatoms. The molecule has 0 heterocycles. The Morgan fingerprint density at radius 2 is 1.79 bits per heavy atom. The Hall–Kier alpha value is -0.630. The van der Waals surface area contributed by atoms with Gasteiger partial charge >= 0.3 is 0 Å². The van der Waals surface area contributed by atoms with E-state index in [-0.39, 0.29) is 5.60 Å². The van der Waals surface area contributed by atoms with Crippen molar-refractivity contribution in [2.24, 2.45) is 0 Å². The van der Waals surface area contributed by atoms with Gasteiger partial charge in [0.2, 0.25) is 0 Å². The highest BCUT2D eigenvalue weighted by atomic mass is 16.5. The number of ether oxygens (including phenoxy) is 2. The van der Waals surface area contributed by atoms with Gasteiger partial charge in [0.05, 0.1) is 11.7 Å². The van der Waals surface area contributed by atoms with Crippen LogP contribution in [0.2, 0.25) is 0 Å². The monoisotopic (exact) mass is 270 g/mol. The Morgan fingerprint density at radius 3 is 2.32 bits per heavy atom. The van der Waals surface area contributed by atoms with Gasteiger partial charge in [-0.3, -0.25) is 5.32 Å². The molecule has 0 aromatic carbocycles. The van der Waals surface area contributed by atoms with E-state index in [0.717, 1.165) is 45.4 Å². The maximum Gasteiger partial charge on any atom is 0.103 e. The van der Waals surface area contributed by atoms with E-state index in [1.807, 2.05) is 13.8 Å². The lowest BCUT2D eigenvalue weighted by molar-refractivity contribution is -0.0102. The minimum Gasteiger partial charge on any atom is -0.381 e. The Bertz CT molecular complexity index is 274. The van der Waals surface area contributed by atoms with Gasteiger partial charge in [-0.05, 0) is 53.0 Å². The smallest absolute Gasteiger partial charge is 0.103 e. The molecular weight excluding hydrogens is 240 g/mol. The zero-order valence-electron chi connectivity index (χ0n) is 13.2. The largest absolute Gasteiger partial charge is 0.381 e. The average Bonchev–Trinajstić information content (AvgIpc) is 2.38. The second-order valence-electron chi connectivity index (χ2n) is 5.76. The molecule has 0 radical (unpaired) electrons. The third kappa shape index (κ3) is 8.99. The molecule has 4 nitrogen and oxygen atoms in total. The molecule has 0 aromatic heterocycles. The van der Waals surface area contributed by atoms with E-state index < -0.39 is 5.54 Å². The third-order valence-electron chi connectivity index (χ3n) is 3.43. The van der Waals surface area contributed by atoms with E-state index in [1.165, 1.54) is 0 Å². The molecule has 0 aliphatic carbocycles. The molecule has 112 valence electrons. The highest BCUT2D eigenvalue weighted by molar-refractivity contribution is 5.03. The fourth-order valence-electron chi connectivity index (χ4n) is 1.78. The van der Waals surface area contributed by atoms with E-state index >= 15 is 0 Å². The second kappa shape index (κ2) is 9.30. The fraction of sp³-hybridized carbons (Fsp3) is 0.933. The summed E-state index contributed by atoms with van der Waals surface area (Å²) in [4.78, 5) is 0. The lowest BCUT2D eigenvalue weighted by atomic mass is 9.97. The fourth-order valence-corrected chi connectivity index (χ4v) is 1.78. The van der Waals surface area contributed by atoms with Crippen molar-refractivity contribution in [3.05, 3.63) is 0 Å². The van der Waals surface area contributed by atoms with Gasteiger partial charge in [0.15, 0.2) is 0 Å². The minimum atomic E-state index is -0.396. The SMILES string of the molecule is CCNC(C)(C#N)CCCCOCCC(C)(C)OC. The zero-order valence-corrected chi connectivity index (χ0v) is 13.2. The van der Waals surface area contributed by atoms with Crippen LogP contribution in [0.4, 0.5) is 0 Å². The number of nitriles is 1. The van der Waals surface area contributed by atoms with Gasteiger partial charge < -0.3 is 9.47 Å².